The molecule has 0 aliphatic heterocycles. The molecule has 0 aliphatic carbocycles. The van der Waals surface area contributed by atoms with E-state index in [0.29, 0.717) is 0 Å². The van der Waals surface area contributed by atoms with Gasteiger partial charge in [0.2, 0.25) is 0 Å². The Hall–Kier alpha value is -0.870. The van der Waals surface area contributed by atoms with E-state index in [0.717, 1.165) is 22.0 Å². The van der Waals surface area contributed by atoms with E-state index in [1.54, 1.807) is 0 Å². The van der Waals surface area contributed by atoms with Gasteiger partial charge in [0.25, 0.3) is 0 Å². The molecule has 1 aromatic rings. The number of nitrogens with one attached hydrogen (secondary N) is 1. The third-order valence-electron chi connectivity index (χ3n) is 2.83. The lowest BCUT2D eigenvalue weighted by molar-refractivity contribution is -0.139. The van der Waals surface area contributed by atoms with Crippen LogP contribution in [0, 0.1) is 6.92 Å². The number of halogens is 1. The topological polar surface area (TPSA) is 49.3 Å². The third-order valence-corrected chi connectivity index (χ3v) is 3.72. The quantitative estimate of drug-likeness (QED) is 0.877. The van der Waals surface area contributed by atoms with E-state index >= 15 is 0 Å². The minimum absolute atomic E-state index is 0.181. The Morgan fingerprint density at radius 1 is 1.53 bits per heavy atom. The molecule has 0 saturated heterocycles. The second-order valence-electron chi connectivity index (χ2n) is 4.26. The van der Waals surface area contributed by atoms with Crippen molar-refractivity contribution in [1.29, 1.82) is 0 Å². The normalized spacial score (nSPS) is 14.4. The monoisotopic (exact) mass is 299 g/mol. The summed E-state index contributed by atoms with van der Waals surface area (Å²) in [5, 5.41) is 12.4. The predicted octanol–water partition coefficient (Wildman–Crippen LogP) is 3.27. The molecule has 0 saturated carbocycles. The van der Waals surface area contributed by atoms with E-state index in [-0.39, 0.29) is 6.04 Å². The van der Waals surface area contributed by atoms with Crippen LogP contribution in [0.25, 0.3) is 0 Å². The fraction of sp³-hybridized carbons (Fsp3) is 0.462. The van der Waals surface area contributed by atoms with Crippen LogP contribution in [-0.2, 0) is 4.79 Å². The number of rotatable bonds is 5. The first-order valence-electron chi connectivity index (χ1n) is 5.70. The lowest BCUT2D eigenvalue weighted by Crippen LogP contribution is -2.34. The van der Waals surface area contributed by atoms with E-state index < -0.39 is 12.0 Å². The number of carboxylic acids is 1. The van der Waals surface area contributed by atoms with Crippen LogP contribution in [0.1, 0.15) is 37.4 Å². The lowest BCUT2D eigenvalue weighted by Gasteiger charge is -2.20. The number of aryl methyl sites for hydroxylation is 1. The van der Waals surface area contributed by atoms with Crippen LogP contribution in [-0.4, -0.2) is 17.1 Å². The molecule has 0 bridgehead atoms. The van der Waals surface area contributed by atoms with Gasteiger partial charge in [-0.3, -0.25) is 10.1 Å². The van der Waals surface area contributed by atoms with Crippen molar-refractivity contribution in [2.45, 2.75) is 39.3 Å². The van der Waals surface area contributed by atoms with Gasteiger partial charge in [-0.2, -0.15) is 0 Å². The minimum atomic E-state index is -0.841. The van der Waals surface area contributed by atoms with Crippen LogP contribution in [0.3, 0.4) is 0 Å². The number of hydrogen-bond acceptors (Lipinski definition) is 2. The Labute approximate surface area is 110 Å². The fourth-order valence-corrected chi connectivity index (χ4v) is 1.81. The summed E-state index contributed by atoms with van der Waals surface area (Å²) in [4.78, 5) is 11.3. The summed E-state index contributed by atoms with van der Waals surface area (Å²) in [6, 6.07) is 5.17. The second kappa shape index (κ2) is 6.17. The zero-order chi connectivity index (χ0) is 13.0. The zero-order valence-electron chi connectivity index (χ0n) is 10.3. The van der Waals surface area contributed by atoms with Crippen LogP contribution < -0.4 is 5.32 Å². The number of aliphatic carboxylic acids is 1. The van der Waals surface area contributed by atoms with Gasteiger partial charge in [0.15, 0.2) is 0 Å². The molecule has 2 N–H and O–H groups in total. The largest absolute Gasteiger partial charge is 0.480 e. The molecule has 0 radical (unpaired) electrons. The molecule has 94 valence electrons. The van der Waals surface area contributed by atoms with Gasteiger partial charge in [0.1, 0.15) is 6.04 Å². The van der Waals surface area contributed by atoms with Crippen molar-refractivity contribution in [2.24, 2.45) is 0 Å². The minimum Gasteiger partial charge on any atom is -0.480 e. The smallest absolute Gasteiger partial charge is 0.325 e. The standard InChI is InChI=1S/C13H18BrNO2/c1-4-9(3)15-12(13(16)17)10-5-6-11(14)8(2)7-10/h5-7,9,12,15H,4H2,1-3H3,(H,16,17). The van der Waals surface area contributed by atoms with Gasteiger partial charge in [-0.05, 0) is 37.5 Å². The summed E-state index contributed by atoms with van der Waals surface area (Å²) in [7, 11) is 0. The van der Waals surface area contributed by atoms with Gasteiger partial charge in [-0.1, -0.05) is 35.0 Å². The molecule has 1 rings (SSSR count). The molecule has 0 aliphatic rings. The first-order valence-corrected chi connectivity index (χ1v) is 6.50. The lowest BCUT2D eigenvalue weighted by atomic mass is 10.0. The molecule has 4 heteroatoms. The maximum Gasteiger partial charge on any atom is 0.325 e. The molecule has 0 fully saturated rings. The summed E-state index contributed by atoms with van der Waals surface area (Å²) in [5.41, 5.74) is 1.83. The van der Waals surface area contributed by atoms with Gasteiger partial charge >= 0.3 is 5.97 Å². The summed E-state index contributed by atoms with van der Waals surface area (Å²) >= 11 is 3.41. The molecule has 0 aromatic heterocycles. The first-order chi connectivity index (χ1) is 7.95. The zero-order valence-corrected chi connectivity index (χ0v) is 11.9. The van der Waals surface area contributed by atoms with Gasteiger partial charge in [-0.15, -0.1) is 0 Å². The fourth-order valence-electron chi connectivity index (χ4n) is 1.56. The van der Waals surface area contributed by atoms with Crippen molar-refractivity contribution < 1.29 is 9.90 Å². The Morgan fingerprint density at radius 3 is 2.65 bits per heavy atom. The van der Waals surface area contributed by atoms with E-state index in [9.17, 15) is 9.90 Å². The molecule has 0 amide bonds. The summed E-state index contributed by atoms with van der Waals surface area (Å²) in [5.74, 6) is -0.841. The molecule has 0 heterocycles. The van der Waals surface area contributed by atoms with Crippen LogP contribution in [0.4, 0.5) is 0 Å². The van der Waals surface area contributed by atoms with E-state index in [1.165, 1.54) is 0 Å². The second-order valence-corrected chi connectivity index (χ2v) is 5.11. The van der Waals surface area contributed by atoms with Gasteiger partial charge in [-0.25, -0.2) is 0 Å². The van der Waals surface area contributed by atoms with E-state index in [2.05, 4.69) is 21.2 Å². The SMILES string of the molecule is CCC(C)NC(C(=O)O)c1ccc(Br)c(C)c1. The number of carboxylic acid groups (broad SMARTS) is 1. The number of carbonyl (C=O) groups is 1. The molecule has 2 unspecified atom stereocenters. The van der Waals surface area contributed by atoms with Crippen LogP contribution in [0.15, 0.2) is 22.7 Å². The van der Waals surface area contributed by atoms with Crippen molar-refractivity contribution in [3.63, 3.8) is 0 Å². The van der Waals surface area contributed by atoms with Crippen molar-refractivity contribution in [2.75, 3.05) is 0 Å². The van der Waals surface area contributed by atoms with Gasteiger partial charge in [0, 0.05) is 10.5 Å². The molecular weight excluding hydrogens is 282 g/mol. The highest BCUT2D eigenvalue weighted by molar-refractivity contribution is 9.10. The molecule has 0 spiro atoms. The highest BCUT2D eigenvalue weighted by Gasteiger charge is 2.21. The summed E-state index contributed by atoms with van der Waals surface area (Å²) < 4.78 is 0.994. The van der Waals surface area contributed by atoms with Crippen molar-refractivity contribution in [3.8, 4) is 0 Å². The van der Waals surface area contributed by atoms with E-state index in [4.69, 9.17) is 0 Å². The van der Waals surface area contributed by atoms with Gasteiger partial charge < -0.3 is 5.11 Å². The Bertz CT molecular complexity index is 406. The average Bonchev–Trinajstić information content (AvgIpc) is 2.29. The first kappa shape index (κ1) is 14.2. The molecule has 17 heavy (non-hydrogen) atoms. The van der Waals surface area contributed by atoms with Crippen LogP contribution >= 0.6 is 15.9 Å². The molecular formula is C13H18BrNO2. The molecule has 3 nitrogen and oxygen atoms in total. The van der Waals surface area contributed by atoms with E-state index in [1.807, 2.05) is 39.0 Å². The third kappa shape index (κ3) is 3.82. The average molecular weight is 300 g/mol. The summed E-state index contributed by atoms with van der Waals surface area (Å²) in [6.45, 7) is 5.97. The van der Waals surface area contributed by atoms with Crippen molar-refractivity contribution >= 4 is 21.9 Å². The Balaban J connectivity index is 2.97. The maximum atomic E-state index is 11.3. The molecule has 1 aromatic carbocycles. The Kier molecular flexibility index (Phi) is 5.15. The highest BCUT2D eigenvalue weighted by Crippen LogP contribution is 2.22. The van der Waals surface area contributed by atoms with Crippen LogP contribution in [0.5, 0.6) is 0 Å². The number of hydrogen-bond donors (Lipinski definition) is 2. The van der Waals surface area contributed by atoms with Crippen molar-refractivity contribution in [1.82, 2.24) is 5.32 Å². The molecule has 2 atom stereocenters. The van der Waals surface area contributed by atoms with Crippen LogP contribution in [0.2, 0.25) is 0 Å². The van der Waals surface area contributed by atoms with Crippen molar-refractivity contribution in [3.05, 3.63) is 33.8 Å². The maximum absolute atomic E-state index is 11.3. The van der Waals surface area contributed by atoms with Gasteiger partial charge in [0.05, 0.1) is 0 Å². The summed E-state index contributed by atoms with van der Waals surface area (Å²) in [6.07, 6.45) is 0.902. The Morgan fingerprint density at radius 2 is 2.18 bits per heavy atom. The highest BCUT2D eigenvalue weighted by atomic mass is 79.9. The number of benzene rings is 1. The predicted molar refractivity (Wildman–Crippen MR) is 72.1 cm³/mol.